The van der Waals surface area contributed by atoms with Gasteiger partial charge in [0.1, 0.15) is 11.6 Å². The third kappa shape index (κ3) is 4.07. The summed E-state index contributed by atoms with van der Waals surface area (Å²) in [6, 6.07) is 4.28. The van der Waals surface area contributed by atoms with Gasteiger partial charge in [0.15, 0.2) is 0 Å². The molecule has 2 rings (SSSR count). The normalized spacial score (nSPS) is 20.9. The number of sulfonamides is 1. The van der Waals surface area contributed by atoms with Crippen molar-refractivity contribution in [2.75, 3.05) is 26.0 Å². The lowest BCUT2D eigenvalue weighted by atomic mass is 10.0. The highest BCUT2D eigenvalue weighted by Gasteiger charge is 2.26. The minimum Gasteiger partial charge on any atom is -0.493 e. The van der Waals surface area contributed by atoms with E-state index in [1.54, 1.807) is 6.07 Å². The molecular weight excluding hydrogens is 305 g/mol. The zero-order valence-electron chi connectivity index (χ0n) is 11.2. The van der Waals surface area contributed by atoms with Gasteiger partial charge in [-0.05, 0) is 25.0 Å². The molecule has 0 amide bonds. The lowest BCUT2D eigenvalue weighted by Crippen LogP contribution is -2.40. The van der Waals surface area contributed by atoms with Gasteiger partial charge in [-0.25, -0.2) is 17.1 Å². The second kappa shape index (κ2) is 6.28. The van der Waals surface area contributed by atoms with Crippen molar-refractivity contribution in [3.8, 4) is 5.75 Å². The predicted octanol–water partition coefficient (Wildman–Crippen LogP) is 2.53. The first-order valence-electron chi connectivity index (χ1n) is 6.39. The van der Waals surface area contributed by atoms with Crippen molar-refractivity contribution >= 4 is 21.6 Å². The van der Waals surface area contributed by atoms with Crippen LogP contribution < -0.4 is 4.74 Å². The molecule has 0 spiro atoms. The first-order valence-corrected chi connectivity index (χ1v) is 8.62. The van der Waals surface area contributed by atoms with E-state index in [1.165, 1.54) is 22.7 Å². The molecule has 4 nitrogen and oxygen atoms in total. The topological polar surface area (TPSA) is 46.6 Å². The molecule has 1 unspecified atom stereocenters. The number of ether oxygens (including phenoxy) is 1. The van der Waals surface area contributed by atoms with Crippen LogP contribution in [-0.4, -0.2) is 38.7 Å². The molecule has 1 aromatic rings. The average Bonchev–Trinajstić information content (AvgIpc) is 2.39. The SMILES string of the molecule is CS(=O)(=O)N1CCCC(COc2ccc(Cl)c(F)c2)C1. The van der Waals surface area contributed by atoms with Crippen molar-refractivity contribution in [3.63, 3.8) is 0 Å². The molecule has 0 saturated carbocycles. The van der Waals surface area contributed by atoms with E-state index in [1.807, 2.05) is 0 Å². The zero-order valence-corrected chi connectivity index (χ0v) is 12.8. The van der Waals surface area contributed by atoms with Gasteiger partial charge in [0, 0.05) is 25.1 Å². The van der Waals surface area contributed by atoms with Crippen molar-refractivity contribution in [2.24, 2.45) is 5.92 Å². The fourth-order valence-corrected chi connectivity index (χ4v) is 3.30. The second-order valence-electron chi connectivity index (χ2n) is 5.02. The average molecular weight is 322 g/mol. The molecule has 112 valence electrons. The van der Waals surface area contributed by atoms with Gasteiger partial charge >= 0.3 is 0 Å². The Morgan fingerprint density at radius 1 is 1.50 bits per heavy atom. The lowest BCUT2D eigenvalue weighted by Gasteiger charge is -2.30. The third-order valence-corrected chi connectivity index (χ3v) is 4.90. The molecule has 1 saturated heterocycles. The zero-order chi connectivity index (χ0) is 14.8. The first kappa shape index (κ1) is 15.5. The summed E-state index contributed by atoms with van der Waals surface area (Å²) in [5.74, 6) is 0.00571. The fraction of sp³-hybridized carbons (Fsp3) is 0.538. The molecule has 0 aliphatic carbocycles. The van der Waals surface area contributed by atoms with Crippen LogP contribution in [0.4, 0.5) is 4.39 Å². The van der Waals surface area contributed by atoms with E-state index < -0.39 is 15.8 Å². The number of benzene rings is 1. The van der Waals surface area contributed by atoms with Crippen molar-refractivity contribution in [2.45, 2.75) is 12.8 Å². The number of hydrogen-bond donors (Lipinski definition) is 0. The Kier molecular flexibility index (Phi) is 4.88. The summed E-state index contributed by atoms with van der Waals surface area (Å²) in [6.07, 6.45) is 2.93. The van der Waals surface area contributed by atoms with Crippen LogP contribution in [0.3, 0.4) is 0 Å². The van der Waals surface area contributed by atoms with Crippen LogP contribution >= 0.6 is 11.6 Å². The minimum absolute atomic E-state index is 0.0540. The molecule has 0 bridgehead atoms. The summed E-state index contributed by atoms with van der Waals surface area (Å²) in [7, 11) is -3.15. The highest BCUT2D eigenvalue weighted by atomic mass is 35.5. The van der Waals surface area contributed by atoms with Crippen LogP contribution in [0.25, 0.3) is 0 Å². The molecule has 1 aromatic carbocycles. The maximum Gasteiger partial charge on any atom is 0.211 e. The van der Waals surface area contributed by atoms with Crippen molar-refractivity contribution < 1.29 is 17.5 Å². The Morgan fingerprint density at radius 3 is 2.90 bits per heavy atom. The number of hydrogen-bond acceptors (Lipinski definition) is 3. The van der Waals surface area contributed by atoms with Gasteiger partial charge in [0.2, 0.25) is 10.0 Å². The minimum atomic E-state index is -3.15. The molecular formula is C13H17ClFNO3S. The van der Waals surface area contributed by atoms with E-state index in [9.17, 15) is 12.8 Å². The summed E-state index contributed by atoms with van der Waals surface area (Å²) in [5.41, 5.74) is 0. The van der Waals surface area contributed by atoms with E-state index >= 15 is 0 Å². The summed E-state index contributed by atoms with van der Waals surface area (Å²) >= 11 is 5.59. The Morgan fingerprint density at radius 2 is 2.25 bits per heavy atom. The van der Waals surface area contributed by atoms with Crippen molar-refractivity contribution in [3.05, 3.63) is 29.0 Å². The van der Waals surface area contributed by atoms with Crippen molar-refractivity contribution in [1.29, 1.82) is 0 Å². The maximum absolute atomic E-state index is 13.3. The summed E-state index contributed by atoms with van der Waals surface area (Å²) in [4.78, 5) is 0. The predicted molar refractivity (Wildman–Crippen MR) is 76.0 cm³/mol. The van der Waals surface area contributed by atoms with E-state index in [4.69, 9.17) is 16.3 Å². The van der Waals surface area contributed by atoms with Gasteiger partial charge in [-0.2, -0.15) is 0 Å². The largest absolute Gasteiger partial charge is 0.493 e. The van der Waals surface area contributed by atoms with E-state index in [0.717, 1.165) is 12.8 Å². The molecule has 0 N–H and O–H groups in total. The standard InChI is InChI=1S/C13H17ClFNO3S/c1-20(17,18)16-6-2-3-10(8-16)9-19-11-4-5-12(14)13(15)7-11/h4-5,7,10H,2-3,6,8-9H2,1H3. The fourth-order valence-electron chi connectivity index (χ4n) is 2.24. The van der Waals surface area contributed by atoms with Crippen LogP contribution in [0.2, 0.25) is 5.02 Å². The van der Waals surface area contributed by atoms with E-state index in [0.29, 0.717) is 25.4 Å². The van der Waals surface area contributed by atoms with Crippen LogP contribution in [0.5, 0.6) is 5.75 Å². The highest BCUT2D eigenvalue weighted by Crippen LogP contribution is 2.23. The van der Waals surface area contributed by atoms with Crippen LogP contribution in [0.15, 0.2) is 18.2 Å². The first-order chi connectivity index (χ1) is 9.36. The molecule has 20 heavy (non-hydrogen) atoms. The maximum atomic E-state index is 13.3. The Bertz CT molecular complexity index is 579. The molecule has 0 radical (unpaired) electrons. The third-order valence-electron chi connectivity index (χ3n) is 3.33. The molecule has 1 atom stereocenters. The van der Waals surface area contributed by atoms with Gasteiger partial charge in [-0.1, -0.05) is 11.6 Å². The van der Waals surface area contributed by atoms with E-state index in [2.05, 4.69) is 0 Å². The van der Waals surface area contributed by atoms with Crippen LogP contribution in [0.1, 0.15) is 12.8 Å². The summed E-state index contributed by atoms with van der Waals surface area (Å²) < 4.78 is 43.3. The molecule has 1 fully saturated rings. The number of rotatable bonds is 4. The molecule has 7 heteroatoms. The van der Waals surface area contributed by atoms with Gasteiger partial charge in [0.05, 0.1) is 17.9 Å². The van der Waals surface area contributed by atoms with Gasteiger partial charge in [0.25, 0.3) is 0 Å². The van der Waals surface area contributed by atoms with Crippen LogP contribution in [0, 0.1) is 11.7 Å². The monoisotopic (exact) mass is 321 g/mol. The number of nitrogens with zero attached hydrogens (tertiary/aromatic N) is 1. The summed E-state index contributed by atoms with van der Waals surface area (Å²) in [6.45, 7) is 1.38. The van der Waals surface area contributed by atoms with E-state index in [-0.39, 0.29) is 10.9 Å². The highest BCUT2D eigenvalue weighted by molar-refractivity contribution is 7.88. The molecule has 0 aromatic heterocycles. The second-order valence-corrected chi connectivity index (χ2v) is 7.41. The number of halogens is 2. The van der Waals surface area contributed by atoms with Gasteiger partial charge in [-0.3, -0.25) is 0 Å². The molecule has 1 aliphatic rings. The van der Waals surface area contributed by atoms with Crippen molar-refractivity contribution in [1.82, 2.24) is 4.31 Å². The lowest BCUT2D eigenvalue weighted by molar-refractivity contribution is 0.180. The molecule has 1 heterocycles. The Labute approximate surface area is 123 Å². The Balaban J connectivity index is 1.92. The Hall–Kier alpha value is -0.850. The summed E-state index contributed by atoms with van der Waals surface area (Å²) in [5, 5.41) is 0.0540. The van der Waals surface area contributed by atoms with Gasteiger partial charge < -0.3 is 4.74 Å². The van der Waals surface area contributed by atoms with Crippen LogP contribution in [-0.2, 0) is 10.0 Å². The number of piperidine rings is 1. The van der Waals surface area contributed by atoms with Gasteiger partial charge in [-0.15, -0.1) is 0 Å². The smallest absolute Gasteiger partial charge is 0.211 e. The quantitative estimate of drug-likeness (QED) is 0.856. The molecule has 1 aliphatic heterocycles.